The summed E-state index contributed by atoms with van der Waals surface area (Å²) < 4.78 is 0. The third-order valence-corrected chi connectivity index (χ3v) is 5.26. The average molecular weight is 387 g/mol. The Morgan fingerprint density at radius 3 is 2.31 bits per heavy atom. The van der Waals surface area contributed by atoms with Crippen molar-refractivity contribution in [2.75, 3.05) is 5.32 Å². The Hall–Kier alpha value is -3.67. The number of nitro benzene ring substituents is 1. The zero-order chi connectivity index (χ0) is 20.4. The fraction of sp³-hybridized carbons (Fsp3) is 0.174. The molecular formula is C23H21N3O3. The molecule has 146 valence electrons. The van der Waals surface area contributed by atoms with Gasteiger partial charge in [-0.15, -0.1) is 0 Å². The van der Waals surface area contributed by atoms with Crippen LogP contribution in [0.25, 0.3) is 11.1 Å². The predicted octanol–water partition coefficient (Wildman–Crippen LogP) is 5.24. The number of nitro groups is 1. The molecule has 0 fully saturated rings. The number of benzene rings is 3. The summed E-state index contributed by atoms with van der Waals surface area (Å²) in [7, 11) is 0. The van der Waals surface area contributed by atoms with E-state index in [4.69, 9.17) is 0 Å². The highest BCUT2D eigenvalue weighted by Gasteiger charge is 2.19. The summed E-state index contributed by atoms with van der Waals surface area (Å²) in [4.78, 5) is 23.0. The Morgan fingerprint density at radius 1 is 0.966 bits per heavy atom. The zero-order valence-electron chi connectivity index (χ0n) is 16.0. The molecule has 0 saturated heterocycles. The van der Waals surface area contributed by atoms with Crippen molar-refractivity contribution in [1.29, 1.82) is 0 Å². The summed E-state index contributed by atoms with van der Waals surface area (Å²) in [6, 6.07) is 20.3. The predicted molar refractivity (Wildman–Crippen MR) is 113 cm³/mol. The highest BCUT2D eigenvalue weighted by Crippen LogP contribution is 2.36. The van der Waals surface area contributed by atoms with Crippen molar-refractivity contribution in [3.63, 3.8) is 0 Å². The van der Waals surface area contributed by atoms with Crippen molar-refractivity contribution in [1.82, 2.24) is 5.32 Å². The number of rotatable bonds is 4. The second-order valence-corrected chi connectivity index (χ2v) is 7.20. The minimum atomic E-state index is -0.363. The van der Waals surface area contributed by atoms with E-state index in [1.165, 1.54) is 0 Å². The number of nitrogens with zero attached hydrogens (tertiary/aromatic N) is 1. The monoisotopic (exact) mass is 387 g/mol. The normalized spacial score (nSPS) is 13.0. The first kappa shape index (κ1) is 18.7. The number of non-ortho nitro benzene ring substituents is 1. The van der Waals surface area contributed by atoms with Crippen molar-refractivity contribution < 1.29 is 9.72 Å². The van der Waals surface area contributed by atoms with E-state index in [1.54, 1.807) is 12.1 Å². The van der Waals surface area contributed by atoms with Gasteiger partial charge < -0.3 is 10.6 Å². The van der Waals surface area contributed by atoms with Gasteiger partial charge in [-0.25, -0.2) is 4.79 Å². The highest BCUT2D eigenvalue weighted by molar-refractivity contribution is 5.90. The number of anilines is 1. The molecule has 6 nitrogen and oxygen atoms in total. The fourth-order valence-corrected chi connectivity index (χ4v) is 3.76. The molecule has 0 aliphatic heterocycles. The highest BCUT2D eigenvalue weighted by atomic mass is 16.6. The van der Waals surface area contributed by atoms with Crippen LogP contribution in [-0.4, -0.2) is 11.0 Å². The number of fused-ring (bicyclic) bond motifs is 3. The molecule has 0 heterocycles. The van der Waals surface area contributed by atoms with E-state index in [-0.39, 0.29) is 22.7 Å². The summed E-state index contributed by atoms with van der Waals surface area (Å²) in [5.74, 6) is 0. The molecule has 0 spiro atoms. The maximum Gasteiger partial charge on any atom is 0.319 e. The first-order valence-corrected chi connectivity index (χ1v) is 9.54. The molecular weight excluding hydrogens is 366 g/mol. The van der Waals surface area contributed by atoms with Gasteiger partial charge in [0.2, 0.25) is 0 Å². The number of nitrogens with one attached hydrogen (secondary N) is 2. The molecule has 0 radical (unpaired) electrons. The number of aryl methyl sites for hydroxylation is 2. The molecule has 0 saturated carbocycles. The fourth-order valence-electron chi connectivity index (χ4n) is 3.76. The van der Waals surface area contributed by atoms with Gasteiger partial charge in [0.25, 0.3) is 5.69 Å². The lowest BCUT2D eigenvalue weighted by Gasteiger charge is -2.21. The van der Waals surface area contributed by atoms with Crippen LogP contribution in [0.15, 0.2) is 66.7 Å². The lowest BCUT2D eigenvalue weighted by molar-refractivity contribution is -0.384. The largest absolute Gasteiger partial charge is 0.331 e. The van der Waals surface area contributed by atoms with E-state index in [2.05, 4.69) is 10.6 Å². The Labute approximate surface area is 168 Å². The van der Waals surface area contributed by atoms with Crippen LogP contribution in [0.2, 0.25) is 0 Å². The number of hydrogen-bond acceptors (Lipinski definition) is 3. The zero-order valence-corrected chi connectivity index (χ0v) is 16.0. The third-order valence-electron chi connectivity index (χ3n) is 5.26. The van der Waals surface area contributed by atoms with E-state index < -0.39 is 0 Å². The first-order valence-electron chi connectivity index (χ1n) is 9.54. The van der Waals surface area contributed by atoms with Gasteiger partial charge in [0.15, 0.2) is 0 Å². The van der Waals surface area contributed by atoms with Gasteiger partial charge in [-0.2, -0.15) is 0 Å². The number of carbonyl (C=O) groups is 1. The number of hydrogen-bond donors (Lipinski definition) is 2. The summed E-state index contributed by atoms with van der Waals surface area (Å²) in [5.41, 5.74) is 6.08. The maximum absolute atomic E-state index is 12.4. The van der Waals surface area contributed by atoms with Crippen molar-refractivity contribution in [2.24, 2.45) is 0 Å². The van der Waals surface area contributed by atoms with Crippen LogP contribution in [0.4, 0.5) is 16.2 Å². The van der Waals surface area contributed by atoms with E-state index in [1.807, 2.05) is 61.5 Å². The van der Waals surface area contributed by atoms with Gasteiger partial charge in [0.05, 0.1) is 11.0 Å². The molecule has 29 heavy (non-hydrogen) atoms. The van der Waals surface area contributed by atoms with Crippen molar-refractivity contribution >= 4 is 17.4 Å². The molecule has 3 aromatic carbocycles. The SMILES string of the molecule is C[C@@H](NC(=O)Nc1ccc2c(c1)CCc1cc([N+](=O)[O-])ccc1-2)c1ccccc1. The van der Waals surface area contributed by atoms with Crippen molar-refractivity contribution in [3.8, 4) is 11.1 Å². The van der Waals surface area contributed by atoms with E-state index >= 15 is 0 Å². The van der Waals surface area contributed by atoms with Crippen LogP contribution in [-0.2, 0) is 12.8 Å². The lowest BCUT2D eigenvalue weighted by atomic mass is 9.85. The summed E-state index contributed by atoms with van der Waals surface area (Å²) in [6.45, 7) is 1.94. The molecule has 0 unspecified atom stereocenters. The van der Waals surface area contributed by atoms with E-state index in [0.29, 0.717) is 0 Å². The molecule has 1 aliphatic rings. The molecule has 6 heteroatoms. The minimum absolute atomic E-state index is 0.100. The Balaban J connectivity index is 1.49. The molecule has 2 N–H and O–H groups in total. The van der Waals surface area contributed by atoms with Gasteiger partial charge >= 0.3 is 6.03 Å². The standard InChI is InChI=1S/C23H21N3O3/c1-15(16-5-3-2-4-6-16)24-23(27)25-19-9-11-21-17(13-19)7-8-18-14-20(26(28)29)10-12-22(18)21/h2-6,9-15H,7-8H2,1H3,(H2,24,25,27)/t15-/m1/s1. The van der Waals surface area contributed by atoms with Gasteiger partial charge in [0.1, 0.15) is 0 Å². The van der Waals surface area contributed by atoms with Crippen molar-refractivity contribution in [2.45, 2.75) is 25.8 Å². The number of urea groups is 1. The minimum Gasteiger partial charge on any atom is -0.331 e. The summed E-state index contributed by atoms with van der Waals surface area (Å²) >= 11 is 0. The Bertz CT molecular complexity index is 1080. The molecule has 0 bridgehead atoms. The average Bonchev–Trinajstić information content (AvgIpc) is 2.73. The van der Waals surface area contributed by atoms with Crippen molar-refractivity contribution in [3.05, 3.63) is 93.5 Å². The smallest absolute Gasteiger partial charge is 0.319 e. The van der Waals surface area contributed by atoms with Crippen LogP contribution >= 0.6 is 0 Å². The second-order valence-electron chi connectivity index (χ2n) is 7.20. The van der Waals surface area contributed by atoms with E-state index in [9.17, 15) is 14.9 Å². The summed E-state index contributed by atoms with van der Waals surface area (Å²) in [5, 5.41) is 16.9. The lowest BCUT2D eigenvalue weighted by Crippen LogP contribution is -2.31. The van der Waals surface area contributed by atoms with Gasteiger partial charge in [-0.05, 0) is 65.8 Å². The molecule has 0 aromatic heterocycles. The molecule has 3 aromatic rings. The quantitative estimate of drug-likeness (QED) is 0.474. The van der Waals surface area contributed by atoms with Gasteiger partial charge in [-0.3, -0.25) is 10.1 Å². The van der Waals surface area contributed by atoms with Crippen LogP contribution in [0, 0.1) is 10.1 Å². The molecule has 1 aliphatic carbocycles. The second kappa shape index (κ2) is 7.75. The molecule has 4 rings (SSSR count). The molecule has 1 atom stereocenters. The number of carbonyl (C=O) groups excluding carboxylic acids is 1. The van der Waals surface area contributed by atoms with Crippen LogP contribution < -0.4 is 10.6 Å². The molecule has 2 amide bonds. The van der Waals surface area contributed by atoms with Crippen LogP contribution in [0.5, 0.6) is 0 Å². The maximum atomic E-state index is 12.4. The first-order chi connectivity index (χ1) is 14.0. The van der Waals surface area contributed by atoms with Crippen LogP contribution in [0.3, 0.4) is 0 Å². The Kier molecular flexibility index (Phi) is 4.99. The summed E-state index contributed by atoms with van der Waals surface area (Å²) in [6.07, 6.45) is 1.52. The Morgan fingerprint density at radius 2 is 1.62 bits per heavy atom. The van der Waals surface area contributed by atoms with E-state index in [0.717, 1.165) is 46.3 Å². The van der Waals surface area contributed by atoms with Gasteiger partial charge in [0, 0.05) is 17.8 Å². The topological polar surface area (TPSA) is 84.3 Å². The van der Waals surface area contributed by atoms with Crippen LogP contribution in [0.1, 0.15) is 29.7 Å². The van der Waals surface area contributed by atoms with Gasteiger partial charge in [-0.1, -0.05) is 36.4 Å². The third kappa shape index (κ3) is 3.96. The number of amides is 2.